The zero-order valence-corrected chi connectivity index (χ0v) is 10.5. The van der Waals surface area contributed by atoms with Crippen LogP contribution >= 0.6 is 9.24 Å². The molecule has 0 radical (unpaired) electrons. The first kappa shape index (κ1) is 10.6. The molecule has 2 rings (SSSR count). The second-order valence-electron chi connectivity index (χ2n) is 4.10. The van der Waals surface area contributed by atoms with Gasteiger partial charge in [-0.1, -0.05) is 50.2 Å². The second-order valence-corrected chi connectivity index (χ2v) is 4.72. The fourth-order valence-corrected chi connectivity index (χ4v) is 2.60. The van der Waals surface area contributed by atoms with Crippen molar-refractivity contribution in [2.24, 2.45) is 0 Å². The van der Waals surface area contributed by atoms with Gasteiger partial charge in [-0.15, -0.1) is 9.24 Å². The average molecular weight is 216 g/mol. The van der Waals surface area contributed by atoms with Crippen LogP contribution in [0, 0.1) is 0 Å². The van der Waals surface area contributed by atoms with Crippen LogP contribution in [0.3, 0.4) is 0 Å². The molecule has 0 spiro atoms. The SMILES string of the molecule is CCC(C)c1c(P)ccc2ccccc12. The van der Waals surface area contributed by atoms with E-state index in [2.05, 4.69) is 59.5 Å². The largest absolute Gasteiger partial charge is 0.105 e. The molecule has 0 aliphatic heterocycles. The molecule has 78 valence electrons. The van der Waals surface area contributed by atoms with E-state index in [0.29, 0.717) is 5.92 Å². The molecule has 2 aromatic rings. The normalized spacial score (nSPS) is 13.0. The number of benzene rings is 2. The van der Waals surface area contributed by atoms with E-state index in [-0.39, 0.29) is 0 Å². The second kappa shape index (κ2) is 4.33. The zero-order chi connectivity index (χ0) is 10.8. The predicted octanol–water partition coefficient (Wildman–Crippen LogP) is 3.85. The highest BCUT2D eigenvalue weighted by Crippen LogP contribution is 2.27. The molecular formula is C14H17P. The summed E-state index contributed by atoms with van der Waals surface area (Å²) in [5, 5.41) is 4.08. The molecule has 15 heavy (non-hydrogen) atoms. The summed E-state index contributed by atoms with van der Waals surface area (Å²) in [5.41, 5.74) is 1.49. The lowest BCUT2D eigenvalue weighted by molar-refractivity contribution is 0.744. The lowest BCUT2D eigenvalue weighted by Crippen LogP contribution is -2.06. The first-order valence-corrected chi connectivity index (χ1v) is 6.09. The van der Waals surface area contributed by atoms with E-state index in [1.165, 1.54) is 28.1 Å². The van der Waals surface area contributed by atoms with Crippen molar-refractivity contribution >= 4 is 25.3 Å². The molecule has 0 N–H and O–H groups in total. The van der Waals surface area contributed by atoms with E-state index in [9.17, 15) is 0 Å². The summed E-state index contributed by atoms with van der Waals surface area (Å²) in [4.78, 5) is 0. The highest BCUT2D eigenvalue weighted by Gasteiger charge is 2.10. The van der Waals surface area contributed by atoms with Crippen molar-refractivity contribution in [1.82, 2.24) is 0 Å². The minimum absolute atomic E-state index is 0.628. The van der Waals surface area contributed by atoms with Crippen LogP contribution in [-0.2, 0) is 0 Å². The maximum absolute atomic E-state index is 2.86. The molecule has 0 heterocycles. The van der Waals surface area contributed by atoms with Crippen LogP contribution in [-0.4, -0.2) is 0 Å². The van der Waals surface area contributed by atoms with Crippen LogP contribution in [0.25, 0.3) is 10.8 Å². The van der Waals surface area contributed by atoms with E-state index in [0.717, 1.165) is 0 Å². The van der Waals surface area contributed by atoms with Crippen molar-refractivity contribution in [1.29, 1.82) is 0 Å². The fourth-order valence-electron chi connectivity index (χ4n) is 2.07. The highest BCUT2D eigenvalue weighted by molar-refractivity contribution is 7.27. The molecule has 0 saturated heterocycles. The van der Waals surface area contributed by atoms with E-state index in [1.54, 1.807) is 0 Å². The van der Waals surface area contributed by atoms with Crippen LogP contribution < -0.4 is 5.30 Å². The van der Waals surface area contributed by atoms with Crippen molar-refractivity contribution in [2.75, 3.05) is 0 Å². The molecule has 0 saturated carbocycles. The lowest BCUT2D eigenvalue weighted by atomic mass is 9.93. The number of rotatable bonds is 2. The Morgan fingerprint density at radius 2 is 1.87 bits per heavy atom. The van der Waals surface area contributed by atoms with E-state index in [4.69, 9.17) is 0 Å². The Bertz CT molecular complexity index is 474. The minimum Gasteiger partial charge on any atom is -0.105 e. The van der Waals surface area contributed by atoms with Gasteiger partial charge in [0.15, 0.2) is 0 Å². The standard InChI is InChI=1S/C14H17P/c1-3-10(2)14-12-7-5-4-6-11(12)8-9-13(14)15/h4-10H,3,15H2,1-2H3. The van der Waals surface area contributed by atoms with Gasteiger partial charge >= 0.3 is 0 Å². The third-order valence-corrected chi connectivity index (χ3v) is 3.61. The summed E-state index contributed by atoms with van der Waals surface area (Å²) in [7, 11) is 2.86. The number of hydrogen-bond acceptors (Lipinski definition) is 0. The average Bonchev–Trinajstić information content (AvgIpc) is 2.28. The van der Waals surface area contributed by atoms with Crippen molar-refractivity contribution in [2.45, 2.75) is 26.2 Å². The van der Waals surface area contributed by atoms with Gasteiger partial charge < -0.3 is 0 Å². The smallest absolute Gasteiger partial charge is 0.0143 e. The Kier molecular flexibility index (Phi) is 3.07. The molecule has 0 aliphatic carbocycles. The molecule has 0 fully saturated rings. The first-order chi connectivity index (χ1) is 7.24. The molecule has 0 amide bonds. The predicted molar refractivity (Wildman–Crippen MR) is 72.0 cm³/mol. The topological polar surface area (TPSA) is 0 Å². The Morgan fingerprint density at radius 1 is 1.13 bits per heavy atom. The Hall–Kier alpha value is -0.870. The summed E-state index contributed by atoms with van der Waals surface area (Å²) in [5.74, 6) is 0.628. The molecule has 2 atom stereocenters. The molecule has 0 aliphatic rings. The van der Waals surface area contributed by atoms with Gasteiger partial charge in [-0.25, -0.2) is 0 Å². The van der Waals surface area contributed by atoms with E-state index in [1.807, 2.05) is 0 Å². The lowest BCUT2D eigenvalue weighted by Gasteiger charge is -2.15. The summed E-state index contributed by atoms with van der Waals surface area (Å²) in [6.07, 6.45) is 1.19. The van der Waals surface area contributed by atoms with Gasteiger partial charge in [-0.05, 0) is 34.0 Å². The van der Waals surface area contributed by atoms with Crippen LogP contribution in [0.2, 0.25) is 0 Å². The van der Waals surface area contributed by atoms with Crippen LogP contribution in [0.1, 0.15) is 31.7 Å². The van der Waals surface area contributed by atoms with Crippen molar-refractivity contribution in [3.8, 4) is 0 Å². The summed E-state index contributed by atoms with van der Waals surface area (Å²) in [6.45, 7) is 4.55. The summed E-state index contributed by atoms with van der Waals surface area (Å²) in [6, 6.07) is 13.0. The number of fused-ring (bicyclic) bond motifs is 1. The maximum atomic E-state index is 2.86. The van der Waals surface area contributed by atoms with Crippen molar-refractivity contribution in [3.05, 3.63) is 42.0 Å². The molecule has 0 bridgehead atoms. The third-order valence-electron chi connectivity index (χ3n) is 3.11. The van der Waals surface area contributed by atoms with Gasteiger partial charge in [-0.3, -0.25) is 0 Å². The molecular weight excluding hydrogens is 199 g/mol. The fraction of sp³-hybridized carbons (Fsp3) is 0.286. The first-order valence-electron chi connectivity index (χ1n) is 5.51. The third kappa shape index (κ3) is 1.92. The van der Waals surface area contributed by atoms with Crippen LogP contribution in [0.4, 0.5) is 0 Å². The van der Waals surface area contributed by atoms with Gasteiger partial charge in [0.2, 0.25) is 0 Å². The van der Waals surface area contributed by atoms with Crippen LogP contribution in [0.15, 0.2) is 36.4 Å². The Labute approximate surface area is 93.9 Å². The Morgan fingerprint density at radius 3 is 2.60 bits per heavy atom. The highest BCUT2D eigenvalue weighted by atomic mass is 31.0. The molecule has 1 heteroatoms. The molecule has 2 aromatic carbocycles. The van der Waals surface area contributed by atoms with Gasteiger partial charge in [0.25, 0.3) is 0 Å². The van der Waals surface area contributed by atoms with Crippen molar-refractivity contribution in [3.63, 3.8) is 0 Å². The molecule has 0 nitrogen and oxygen atoms in total. The number of hydrogen-bond donors (Lipinski definition) is 0. The van der Waals surface area contributed by atoms with E-state index >= 15 is 0 Å². The molecule has 0 aromatic heterocycles. The maximum Gasteiger partial charge on any atom is -0.0143 e. The Balaban J connectivity index is 2.74. The van der Waals surface area contributed by atoms with Gasteiger partial charge in [0, 0.05) is 0 Å². The quantitative estimate of drug-likeness (QED) is 0.669. The zero-order valence-electron chi connectivity index (χ0n) is 9.33. The molecule has 2 unspecified atom stereocenters. The van der Waals surface area contributed by atoms with Gasteiger partial charge in [0.1, 0.15) is 0 Å². The van der Waals surface area contributed by atoms with E-state index < -0.39 is 0 Å². The summed E-state index contributed by atoms with van der Waals surface area (Å²) >= 11 is 0. The van der Waals surface area contributed by atoms with Crippen molar-refractivity contribution < 1.29 is 0 Å². The monoisotopic (exact) mass is 216 g/mol. The minimum atomic E-state index is 0.628. The van der Waals surface area contributed by atoms with Gasteiger partial charge in [-0.2, -0.15) is 0 Å². The van der Waals surface area contributed by atoms with Crippen LogP contribution in [0.5, 0.6) is 0 Å². The van der Waals surface area contributed by atoms with Gasteiger partial charge in [0.05, 0.1) is 0 Å². The summed E-state index contributed by atoms with van der Waals surface area (Å²) < 4.78 is 0.